The summed E-state index contributed by atoms with van der Waals surface area (Å²) in [4.78, 5) is 12.0. The van der Waals surface area contributed by atoms with Crippen molar-refractivity contribution >= 4 is 21.9 Å². The van der Waals surface area contributed by atoms with Crippen LogP contribution < -0.4 is 0 Å². The van der Waals surface area contributed by atoms with Gasteiger partial charge in [-0.25, -0.2) is 4.79 Å². The Hall–Kier alpha value is -0.830. The van der Waals surface area contributed by atoms with Crippen LogP contribution in [0.3, 0.4) is 0 Å². The van der Waals surface area contributed by atoms with Crippen LogP contribution in [0.15, 0.2) is 22.7 Å². The van der Waals surface area contributed by atoms with Gasteiger partial charge >= 0.3 is 5.97 Å². The van der Waals surface area contributed by atoms with E-state index in [0.717, 1.165) is 10.0 Å². The van der Waals surface area contributed by atoms with Gasteiger partial charge in [0.1, 0.15) is 5.60 Å². The zero-order valence-corrected chi connectivity index (χ0v) is 13.5. The second-order valence-electron chi connectivity index (χ2n) is 6.48. The molecule has 0 saturated heterocycles. The highest BCUT2D eigenvalue weighted by Gasteiger charge is 2.21. The summed E-state index contributed by atoms with van der Waals surface area (Å²) < 4.78 is 6.29. The van der Waals surface area contributed by atoms with Gasteiger partial charge in [0.25, 0.3) is 0 Å². The average molecular weight is 313 g/mol. The van der Waals surface area contributed by atoms with Crippen LogP contribution in [-0.2, 0) is 10.2 Å². The monoisotopic (exact) mass is 312 g/mol. The first kappa shape index (κ1) is 15.2. The zero-order chi connectivity index (χ0) is 14.1. The normalized spacial score (nSPS) is 12.4. The van der Waals surface area contributed by atoms with Crippen molar-refractivity contribution < 1.29 is 9.53 Å². The number of benzene rings is 1. The highest BCUT2D eigenvalue weighted by molar-refractivity contribution is 9.10. The Morgan fingerprint density at radius 1 is 1.06 bits per heavy atom. The molecule has 0 aliphatic rings. The molecule has 0 unspecified atom stereocenters. The van der Waals surface area contributed by atoms with E-state index >= 15 is 0 Å². The summed E-state index contributed by atoms with van der Waals surface area (Å²) in [6.07, 6.45) is 0. The third kappa shape index (κ3) is 4.45. The molecular weight excluding hydrogens is 292 g/mol. The van der Waals surface area contributed by atoms with Crippen LogP contribution in [0, 0.1) is 0 Å². The molecule has 0 aliphatic heterocycles. The first-order valence-corrected chi connectivity index (χ1v) is 6.83. The molecule has 0 fully saturated rings. The standard InChI is InChI=1S/C15H21BrO2/c1-14(2,3)11-7-10(8-12(16)9-11)13(17)18-15(4,5)6/h7-9H,1-6H3. The maximum atomic E-state index is 12.0. The maximum Gasteiger partial charge on any atom is 0.338 e. The lowest BCUT2D eigenvalue weighted by atomic mass is 9.86. The Morgan fingerprint density at radius 2 is 1.61 bits per heavy atom. The fourth-order valence-corrected chi connectivity index (χ4v) is 1.97. The predicted octanol–water partition coefficient (Wildman–Crippen LogP) is 4.70. The summed E-state index contributed by atoms with van der Waals surface area (Å²) in [6, 6.07) is 5.73. The Morgan fingerprint density at radius 3 is 2.06 bits per heavy atom. The molecule has 0 N–H and O–H groups in total. The van der Waals surface area contributed by atoms with Gasteiger partial charge in [0.15, 0.2) is 0 Å². The molecule has 0 spiro atoms. The van der Waals surface area contributed by atoms with Gasteiger partial charge in [-0.1, -0.05) is 36.7 Å². The van der Waals surface area contributed by atoms with Crippen molar-refractivity contribution in [3.8, 4) is 0 Å². The summed E-state index contributed by atoms with van der Waals surface area (Å²) in [7, 11) is 0. The summed E-state index contributed by atoms with van der Waals surface area (Å²) in [5.74, 6) is -0.283. The fraction of sp³-hybridized carbons (Fsp3) is 0.533. The van der Waals surface area contributed by atoms with Crippen molar-refractivity contribution in [1.82, 2.24) is 0 Å². The van der Waals surface area contributed by atoms with E-state index in [0.29, 0.717) is 5.56 Å². The van der Waals surface area contributed by atoms with Gasteiger partial charge in [-0.15, -0.1) is 0 Å². The molecule has 2 nitrogen and oxygen atoms in total. The third-order valence-electron chi connectivity index (χ3n) is 2.40. The van der Waals surface area contributed by atoms with Crippen LogP contribution in [0.1, 0.15) is 57.5 Å². The molecule has 0 heterocycles. The van der Waals surface area contributed by atoms with Crippen molar-refractivity contribution in [2.75, 3.05) is 0 Å². The molecule has 0 saturated carbocycles. The first-order valence-electron chi connectivity index (χ1n) is 6.03. The maximum absolute atomic E-state index is 12.0. The first-order chi connectivity index (χ1) is 7.99. The third-order valence-corrected chi connectivity index (χ3v) is 2.86. The lowest BCUT2D eigenvalue weighted by molar-refractivity contribution is 0.00693. The van der Waals surface area contributed by atoms with Gasteiger partial charge in [0.05, 0.1) is 5.56 Å². The quantitative estimate of drug-likeness (QED) is 0.702. The molecule has 18 heavy (non-hydrogen) atoms. The van der Waals surface area contributed by atoms with E-state index in [-0.39, 0.29) is 11.4 Å². The van der Waals surface area contributed by atoms with Crippen LogP contribution in [-0.4, -0.2) is 11.6 Å². The molecule has 100 valence electrons. The highest BCUT2D eigenvalue weighted by Crippen LogP contribution is 2.27. The summed E-state index contributed by atoms with van der Waals surface area (Å²) in [5.41, 5.74) is 1.23. The Labute approximate surface area is 118 Å². The van der Waals surface area contributed by atoms with Crippen molar-refractivity contribution in [3.63, 3.8) is 0 Å². The number of halogens is 1. The van der Waals surface area contributed by atoms with Gasteiger partial charge in [0, 0.05) is 4.47 Å². The van der Waals surface area contributed by atoms with E-state index in [4.69, 9.17) is 4.74 Å². The lowest BCUT2D eigenvalue weighted by Crippen LogP contribution is -2.24. The summed E-state index contributed by atoms with van der Waals surface area (Å²) in [6.45, 7) is 12.0. The molecule has 0 aromatic heterocycles. The molecule has 1 aromatic rings. The number of ether oxygens (including phenoxy) is 1. The van der Waals surface area contributed by atoms with Gasteiger partial charge in [-0.3, -0.25) is 0 Å². The molecular formula is C15H21BrO2. The minimum absolute atomic E-state index is 0.000538. The number of esters is 1. The fourth-order valence-electron chi connectivity index (χ4n) is 1.48. The highest BCUT2D eigenvalue weighted by atomic mass is 79.9. The van der Waals surface area contributed by atoms with E-state index in [1.165, 1.54) is 0 Å². The number of hydrogen-bond donors (Lipinski definition) is 0. The predicted molar refractivity (Wildman–Crippen MR) is 78.0 cm³/mol. The molecule has 0 amide bonds. The van der Waals surface area contributed by atoms with Crippen LogP contribution in [0.25, 0.3) is 0 Å². The summed E-state index contributed by atoms with van der Waals surface area (Å²) >= 11 is 3.45. The van der Waals surface area contributed by atoms with Gasteiger partial charge < -0.3 is 4.74 Å². The van der Waals surface area contributed by atoms with E-state index < -0.39 is 5.60 Å². The Balaban J connectivity index is 3.11. The molecule has 0 aliphatic carbocycles. The van der Waals surface area contributed by atoms with Gasteiger partial charge in [-0.05, 0) is 49.9 Å². The average Bonchev–Trinajstić information content (AvgIpc) is 2.12. The van der Waals surface area contributed by atoms with Crippen molar-refractivity contribution in [3.05, 3.63) is 33.8 Å². The minimum Gasteiger partial charge on any atom is -0.456 e. The minimum atomic E-state index is -0.471. The molecule has 0 atom stereocenters. The van der Waals surface area contributed by atoms with Crippen molar-refractivity contribution in [1.29, 1.82) is 0 Å². The Kier molecular flexibility index (Phi) is 4.26. The largest absolute Gasteiger partial charge is 0.456 e. The SMILES string of the molecule is CC(C)(C)OC(=O)c1cc(Br)cc(C(C)(C)C)c1. The second-order valence-corrected chi connectivity index (χ2v) is 7.40. The number of carbonyl (C=O) groups excluding carboxylic acids is 1. The number of hydrogen-bond acceptors (Lipinski definition) is 2. The second kappa shape index (κ2) is 5.04. The van der Waals surface area contributed by atoms with E-state index in [1.807, 2.05) is 32.9 Å². The van der Waals surface area contributed by atoms with Gasteiger partial charge in [-0.2, -0.15) is 0 Å². The molecule has 1 aromatic carbocycles. The zero-order valence-electron chi connectivity index (χ0n) is 11.9. The van der Waals surface area contributed by atoms with Crippen LogP contribution in [0.2, 0.25) is 0 Å². The summed E-state index contributed by atoms with van der Waals surface area (Å²) in [5, 5.41) is 0. The smallest absolute Gasteiger partial charge is 0.338 e. The van der Waals surface area contributed by atoms with Crippen molar-refractivity contribution in [2.45, 2.75) is 52.6 Å². The van der Waals surface area contributed by atoms with Crippen LogP contribution >= 0.6 is 15.9 Å². The lowest BCUT2D eigenvalue weighted by Gasteiger charge is -2.22. The van der Waals surface area contributed by atoms with E-state index in [9.17, 15) is 4.79 Å². The van der Waals surface area contributed by atoms with Crippen molar-refractivity contribution in [2.24, 2.45) is 0 Å². The molecule has 1 rings (SSSR count). The van der Waals surface area contributed by atoms with Crippen LogP contribution in [0.5, 0.6) is 0 Å². The van der Waals surface area contributed by atoms with E-state index in [1.54, 1.807) is 6.07 Å². The Bertz CT molecular complexity index is 451. The number of carbonyl (C=O) groups is 1. The van der Waals surface area contributed by atoms with Crippen LogP contribution in [0.4, 0.5) is 0 Å². The molecule has 3 heteroatoms. The molecule has 0 radical (unpaired) electrons. The van der Waals surface area contributed by atoms with Gasteiger partial charge in [0.2, 0.25) is 0 Å². The topological polar surface area (TPSA) is 26.3 Å². The molecule has 0 bridgehead atoms. The van der Waals surface area contributed by atoms with E-state index in [2.05, 4.69) is 36.7 Å². The number of rotatable bonds is 1.